The molecule has 1 unspecified atom stereocenters. The maximum Gasteiger partial charge on any atom is 0.407 e. The van der Waals surface area contributed by atoms with E-state index in [4.69, 9.17) is 5.11 Å². The summed E-state index contributed by atoms with van der Waals surface area (Å²) in [5, 5.41) is 13.3. The minimum atomic E-state index is -2.94. The molecule has 28 heavy (non-hydrogen) atoms. The Bertz CT molecular complexity index is 956. The van der Waals surface area contributed by atoms with Gasteiger partial charge in [-0.2, -0.15) is 13.9 Å². The van der Waals surface area contributed by atoms with Gasteiger partial charge in [0.25, 0.3) is 5.92 Å². The number of alkyl halides is 2. The maximum atomic E-state index is 14.4. The van der Waals surface area contributed by atoms with Crippen LogP contribution in [0.1, 0.15) is 37.1 Å². The molecular weight excluding hydrogens is 370 g/mol. The van der Waals surface area contributed by atoms with Crippen molar-refractivity contribution >= 4 is 12.0 Å². The molecule has 0 radical (unpaired) electrons. The maximum absolute atomic E-state index is 14.4. The number of likely N-dealkylation sites (tertiary alicyclic amines) is 1. The third-order valence-electron chi connectivity index (χ3n) is 5.99. The summed E-state index contributed by atoms with van der Waals surface area (Å²) in [4.78, 5) is 23.1. The number of carbonyl (C=O) groups is 1. The molecule has 2 aromatic heterocycles. The van der Waals surface area contributed by atoms with Crippen LogP contribution in [0.25, 0.3) is 11.3 Å². The van der Waals surface area contributed by atoms with E-state index in [0.29, 0.717) is 35.9 Å². The van der Waals surface area contributed by atoms with Crippen LogP contribution in [0.4, 0.5) is 19.5 Å². The van der Waals surface area contributed by atoms with Crippen molar-refractivity contribution in [1.29, 1.82) is 0 Å². The molecular formula is C18H20F2N6O2. The summed E-state index contributed by atoms with van der Waals surface area (Å²) in [6, 6.07) is 0.191. The van der Waals surface area contributed by atoms with Crippen LogP contribution in [0, 0.1) is 0 Å². The van der Waals surface area contributed by atoms with Crippen LogP contribution in [-0.2, 0) is 12.3 Å². The molecule has 8 nitrogen and oxygen atoms in total. The van der Waals surface area contributed by atoms with Gasteiger partial charge in [-0.05, 0) is 19.8 Å². The average Bonchev–Trinajstić information content (AvgIpc) is 3.17. The van der Waals surface area contributed by atoms with E-state index in [2.05, 4.69) is 15.1 Å². The predicted octanol–water partition coefficient (Wildman–Crippen LogP) is 2.51. The van der Waals surface area contributed by atoms with Crippen molar-refractivity contribution in [2.75, 3.05) is 24.5 Å². The van der Waals surface area contributed by atoms with E-state index in [1.165, 1.54) is 4.90 Å². The lowest BCUT2D eigenvalue weighted by molar-refractivity contribution is -0.00595. The molecule has 0 bridgehead atoms. The molecule has 2 aromatic rings. The summed E-state index contributed by atoms with van der Waals surface area (Å²) < 4.78 is 30.5. The zero-order chi connectivity index (χ0) is 19.6. The van der Waals surface area contributed by atoms with Gasteiger partial charge in [0, 0.05) is 49.4 Å². The number of halogens is 2. The van der Waals surface area contributed by atoms with Gasteiger partial charge in [0.1, 0.15) is 5.69 Å². The first-order valence-electron chi connectivity index (χ1n) is 9.42. The van der Waals surface area contributed by atoms with Crippen molar-refractivity contribution < 1.29 is 18.7 Å². The van der Waals surface area contributed by atoms with Gasteiger partial charge in [0.15, 0.2) is 0 Å². The number of rotatable bonds is 3. The summed E-state index contributed by atoms with van der Waals surface area (Å²) in [6.07, 6.45) is 3.40. The summed E-state index contributed by atoms with van der Waals surface area (Å²) in [7, 11) is 0. The van der Waals surface area contributed by atoms with Gasteiger partial charge in [-0.25, -0.2) is 14.8 Å². The molecule has 2 aliphatic heterocycles. The van der Waals surface area contributed by atoms with Crippen LogP contribution < -0.4 is 4.90 Å². The molecule has 1 aliphatic carbocycles. The van der Waals surface area contributed by atoms with E-state index < -0.39 is 12.0 Å². The number of fused-ring (bicyclic) bond motifs is 1. The van der Waals surface area contributed by atoms with Crippen LogP contribution in [0.5, 0.6) is 0 Å². The van der Waals surface area contributed by atoms with Gasteiger partial charge >= 0.3 is 6.09 Å². The van der Waals surface area contributed by atoms with Crippen LogP contribution >= 0.6 is 0 Å². The Morgan fingerprint density at radius 2 is 2.11 bits per heavy atom. The molecule has 148 valence electrons. The lowest BCUT2D eigenvalue weighted by atomic mass is 10.1. The van der Waals surface area contributed by atoms with Crippen molar-refractivity contribution in [3.63, 3.8) is 0 Å². The largest absolute Gasteiger partial charge is 0.465 e. The summed E-state index contributed by atoms with van der Waals surface area (Å²) in [6.45, 7) is 3.53. The van der Waals surface area contributed by atoms with Crippen LogP contribution in [-0.4, -0.2) is 61.5 Å². The number of carboxylic acid groups (broad SMARTS) is 1. The number of aromatic nitrogens is 4. The van der Waals surface area contributed by atoms with E-state index in [0.717, 1.165) is 13.0 Å². The van der Waals surface area contributed by atoms with E-state index >= 15 is 0 Å². The Morgan fingerprint density at radius 3 is 2.75 bits per heavy atom. The Balaban J connectivity index is 1.51. The molecule has 10 heteroatoms. The van der Waals surface area contributed by atoms with E-state index in [9.17, 15) is 13.6 Å². The highest BCUT2D eigenvalue weighted by molar-refractivity contribution is 5.67. The van der Waals surface area contributed by atoms with Crippen molar-refractivity contribution in [3.8, 4) is 11.3 Å². The summed E-state index contributed by atoms with van der Waals surface area (Å²) in [5.74, 6) is -2.59. The predicted molar refractivity (Wildman–Crippen MR) is 95.5 cm³/mol. The van der Waals surface area contributed by atoms with Crippen molar-refractivity contribution in [2.45, 2.75) is 44.2 Å². The SMILES string of the molecule is CC1CCN1c1nc(-c2cnn(C3CN(C(=O)O)C3)c2)c2c(n1)C(F)(F)CC2. The van der Waals surface area contributed by atoms with Gasteiger partial charge in [-0.1, -0.05) is 0 Å². The molecule has 0 spiro atoms. The number of anilines is 1. The quantitative estimate of drug-likeness (QED) is 0.867. The Labute approximate surface area is 159 Å². The van der Waals surface area contributed by atoms with Crippen molar-refractivity contribution in [1.82, 2.24) is 24.6 Å². The van der Waals surface area contributed by atoms with Gasteiger partial charge < -0.3 is 14.9 Å². The van der Waals surface area contributed by atoms with Crippen molar-refractivity contribution in [2.24, 2.45) is 0 Å². The molecule has 2 saturated heterocycles. The Kier molecular flexibility index (Phi) is 3.62. The average molecular weight is 390 g/mol. The zero-order valence-corrected chi connectivity index (χ0v) is 15.3. The molecule has 1 N–H and O–H groups in total. The lowest BCUT2D eigenvalue weighted by Crippen LogP contribution is -2.50. The summed E-state index contributed by atoms with van der Waals surface area (Å²) >= 11 is 0. The van der Waals surface area contributed by atoms with Gasteiger partial charge in [-0.15, -0.1) is 0 Å². The van der Waals surface area contributed by atoms with Crippen molar-refractivity contribution in [3.05, 3.63) is 23.7 Å². The number of nitrogens with zero attached hydrogens (tertiary/aromatic N) is 6. The van der Waals surface area contributed by atoms with Crippen LogP contribution in [0.15, 0.2) is 12.4 Å². The fraction of sp³-hybridized carbons (Fsp3) is 0.556. The zero-order valence-electron chi connectivity index (χ0n) is 15.3. The number of hydrogen-bond acceptors (Lipinski definition) is 5. The van der Waals surface area contributed by atoms with Gasteiger partial charge in [-0.3, -0.25) is 4.68 Å². The van der Waals surface area contributed by atoms with Gasteiger partial charge in [0.2, 0.25) is 5.95 Å². The smallest absolute Gasteiger partial charge is 0.407 e. The van der Waals surface area contributed by atoms with E-state index in [1.54, 1.807) is 17.1 Å². The van der Waals surface area contributed by atoms with E-state index in [1.807, 2.05) is 11.8 Å². The second kappa shape index (κ2) is 5.86. The molecule has 3 aliphatic rings. The molecule has 1 atom stereocenters. The normalized spacial score (nSPS) is 23.3. The topological polar surface area (TPSA) is 87.4 Å². The van der Waals surface area contributed by atoms with Crippen LogP contribution in [0.2, 0.25) is 0 Å². The highest BCUT2D eigenvalue weighted by Crippen LogP contribution is 2.44. The first-order chi connectivity index (χ1) is 13.3. The standard InChI is InChI=1S/C18H20F2N6O2/c1-10-3-5-25(10)16-22-14(13-2-4-18(19,20)15(13)23-16)11-6-21-26(7-11)12-8-24(9-12)17(27)28/h6-7,10,12H,2-5,8-9H2,1H3,(H,27,28). The fourth-order valence-corrected chi connectivity index (χ4v) is 4.03. The van der Waals surface area contributed by atoms with E-state index in [-0.39, 0.29) is 30.6 Å². The first kappa shape index (κ1) is 17.3. The molecule has 4 heterocycles. The molecule has 5 rings (SSSR count). The monoisotopic (exact) mass is 390 g/mol. The third kappa shape index (κ3) is 2.54. The Hall–Kier alpha value is -2.78. The first-order valence-corrected chi connectivity index (χ1v) is 9.42. The number of hydrogen-bond donors (Lipinski definition) is 1. The number of amides is 1. The highest BCUT2D eigenvalue weighted by Gasteiger charge is 2.44. The fourth-order valence-electron chi connectivity index (χ4n) is 4.03. The summed E-state index contributed by atoms with van der Waals surface area (Å²) in [5.41, 5.74) is 1.50. The van der Waals surface area contributed by atoms with Gasteiger partial charge in [0.05, 0.1) is 17.9 Å². The van der Waals surface area contributed by atoms with Crippen LogP contribution in [0.3, 0.4) is 0 Å². The minimum absolute atomic E-state index is 0.0453. The third-order valence-corrected chi connectivity index (χ3v) is 5.99. The second-order valence-corrected chi connectivity index (χ2v) is 7.79. The second-order valence-electron chi connectivity index (χ2n) is 7.79. The lowest BCUT2D eigenvalue weighted by Gasteiger charge is -2.39. The molecule has 1 amide bonds. The Morgan fingerprint density at radius 1 is 1.32 bits per heavy atom. The molecule has 0 saturated carbocycles. The molecule has 0 aromatic carbocycles. The minimum Gasteiger partial charge on any atom is -0.465 e. The highest BCUT2D eigenvalue weighted by atomic mass is 19.3. The molecule has 2 fully saturated rings.